The highest BCUT2D eigenvalue weighted by Crippen LogP contribution is 2.19. The first-order chi connectivity index (χ1) is 9.15. The lowest BCUT2D eigenvalue weighted by Gasteiger charge is -2.13. The van der Waals surface area contributed by atoms with Gasteiger partial charge in [0.15, 0.2) is 0 Å². The van der Waals surface area contributed by atoms with E-state index in [2.05, 4.69) is 41.9 Å². The van der Waals surface area contributed by atoms with Crippen LogP contribution in [0.2, 0.25) is 0 Å². The van der Waals surface area contributed by atoms with Crippen molar-refractivity contribution < 1.29 is 4.74 Å². The molecule has 0 saturated heterocycles. The quantitative estimate of drug-likeness (QED) is 0.844. The van der Waals surface area contributed by atoms with Crippen molar-refractivity contribution in [2.24, 2.45) is 0 Å². The van der Waals surface area contributed by atoms with Crippen molar-refractivity contribution in [1.29, 1.82) is 0 Å². The Hall–Kier alpha value is -1.32. The van der Waals surface area contributed by atoms with Crippen molar-refractivity contribution in [1.82, 2.24) is 5.32 Å². The number of hydrogen-bond acceptors (Lipinski definition) is 3. The molecule has 0 unspecified atom stereocenters. The Morgan fingerprint density at radius 2 is 1.84 bits per heavy atom. The lowest BCUT2D eigenvalue weighted by molar-refractivity contribution is 0.242. The van der Waals surface area contributed by atoms with Crippen molar-refractivity contribution >= 4 is 11.3 Å². The molecule has 0 fully saturated rings. The Labute approximate surface area is 119 Å². The molecule has 1 aromatic heterocycles. The van der Waals surface area contributed by atoms with E-state index < -0.39 is 0 Å². The molecule has 0 bridgehead atoms. The maximum Gasteiger partial charge on any atom is 0.119 e. The monoisotopic (exact) mass is 275 g/mol. The molecule has 1 aromatic carbocycles. The molecule has 0 radical (unpaired) electrons. The SMILES string of the molecule is CC(C)Oc1ccc(CN[C@H](C)c2cccs2)cc1. The predicted molar refractivity (Wildman–Crippen MR) is 81.8 cm³/mol. The molecule has 1 heterocycles. The topological polar surface area (TPSA) is 21.3 Å². The number of hydrogen-bond donors (Lipinski definition) is 1. The van der Waals surface area contributed by atoms with Crippen molar-refractivity contribution in [3.63, 3.8) is 0 Å². The van der Waals surface area contributed by atoms with Crippen molar-refractivity contribution in [2.75, 3.05) is 0 Å². The van der Waals surface area contributed by atoms with Gasteiger partial charge >= 0.3 is 0 Å². The molecule has 0 saturated carbocycles. The summed E-state index contributed by atoms with van der Waals surface area (Å²) in [4.78, 5) is 1.37. The number of rotatable bonds is 6. The summed E-state index contributed by atoms with van der Waals surface area (Å²) in [6, 6.07) is 13.0. The third-order valence-corrected chi connectivity index (χ3v) is 3.93. The molecule has 1 atom stereocenters. The summed E-state index contributed by atoms with van der Waals surface area (Å²) in [5, 5.41) is 5.65. The van der Waals surface area contributed by atoms with Crippen LogP contribution in [0.25, 0.3) is 0 Å². The van der Waals surface area contributed by atoms with E-state index in [0.29, 0.717) is 6.04 Å². The largest absolute Gasteiger partial charge is 0.491 e. The molecule has 102 valence electrons. The summed E-state index contributed by atoms with van der Waals surface area (Å²) in [6.45, 7) is 7.15. The van der Waals surface area contributed by atoms with Crippen LogP contribution in [0.1, 0.15) is 37.3 Å². The number of ether oxygens (including phenoxy) is 1. The zero-order chi connectivity index (χ0) is 13.7. The van der Waals surface area contributed by atoms with E-state index in [0.717, 1.165) is 12.3 Å². The molecule has 19 heavy (non-hydrogen) atoms. The Kier molecular flexibility index (Phi) is 5.00. The fraction of sp³-hybridized carbons (Fsp3) is 0.375. The lowest BCUT2D eigenvalue weighted by Crippen LogP contribution is -2.17. The minimum absolute atomic E-state index is 0.225. The number of benzene rings is 1. The van der Waals surface area contributed by atoms with E-state index >= 15 is 0 Å². The van der Waals surface area contributed by atoms with Crippen molar-refractivity contribution in [3.05, 3.63) is 52.2 Å². The lowest BCUT2D eigenvalue weighted by atomic mass is 10.2. The first-order valence-corrected chi connectivity index (χ1v) is 7.55. The second kappa shape index (κ2) is 6.73. The van der Waals surface area contributed by atoms with Gasteiger partial charge in [-0.1, -0.05) is 18.2 Å². The molecule has 0 aliphatic rings. The zero-order valence-corrected chi connectivity index (χ0v) is 12.5. The molecular formula is C16H21NOS. The highest BCUT2D eigenvalue weighted by Gasteiger charge is 2.05. The Bertz CT molecular complexity index is 476. The van der Waals surface area contributed by atoms with Gasteiger partial charge in [-0.05, 0) is 49.9 Å². The van der Waals surface area contributed by atoms with Crippen LogP contribution >= 0.6 is 11.3 Å². The minimum atomic E-state index is 0.225. The third-order valence-electron chi connectivity index (χ3n) is 2.88. The van der Waals surface area contributed by atoms with Gasteiger partial charge in [0.25, 0.3) is 0 Å². The summed E-state index contributed by atoms with van der Waals surface area (Å²) in [5.41, 5.74) is 1.28. The molecular weight excluding hydrogens is 254 g/mol. The maximum atomic E-state index is 5.63. The highest BCUT2D eigenvalue weighted by atomic mass is 32.1. The minimum Gasteiger partial charge on any atom is -0.491 e. The zero-order valence-electron chi connectivity index (χ0n) is 11.7. The van der Waals surface area contributed by atoms with Crippen LogP contribution in [0.5, 0.6) is 5.75 Å². The second-order valence-corrected chi connectivity index (χ2v) is 5.91. The first-order valence-electron chi connectivity index (χ1n) is 6.67. The summed E-state index contributed by atoms with van der Waals surface area (Å²) >= 11 is 1.79. The Balaban J connectivity index is 1.86. The third kappa shape index (κ3) is 4.37. The smallest absolute Gasteiger partial charge is 0.119 e. The van der Waals surface area contributed by atoms with Crippen LogP contribution in [0, 0.1) is 0 Å². The van der Waals surface area contributed by atoms with E-state index in [1.165, 1.54) is 10.4 Å². The van der Waals surface area contributed by atoms with Gasteiger partial charge in [0.1, 0.15) is 5.75 Å². The Morgan fingerprint density at radius 3 is 2.42 bits per heavy atom. The normalized spacial score (nSPS) is 12.6. The van der Waals surface area contributed by atoms with E-state index in [9.17, 15) is 0 Å². The van der Waals surface area contributed by atoms with Gasteiger partial charge in [-0.15, -0.1) is 11.3 Å². The predicted octanol–water partition coefficient (Wildman–Crippen LogP) is 4.39. The van der Waals surface area contributed by atoms with Gasteiger partial charge in [0.05, 0.1) is 6.10 Å². The van der Waals surface area contributed by atoms with Gasteiger partial charge in [-0.3, -0.25) is 0 Å². The van der Waals surface area contributed by atoms with Gasteiger partial charge in [0, 0.05) is 17.5 Å². The Morgan fingerprint density at radius 1 is 1.11 bits per heavy atom. The van der Waals surface area contributed by atoms with Gasteiger partial charge in [-0.2, -0.15) is 0 Å². The highest BCUT2D eigenvalue weighted by molar-refractivity contribution is 7.10. The van der Waals surface area contributed by atoms with Crippen LogP contribution in [-0.2, 0) is 6.54 Å². The van der Waals surface area contributed by atoms with Crippen molar-refractivity contribution in [2.45, 2.75) is 39.5 Å². The van der Waals surface area contributed by atoms with Crippen LogP contribution in [0.4, 0.5) is 0 Å². The van der Waals surface area contributed by atoms with Crippen LogP contribution in [0.3, 0.4) is 0 Å². The number of thiophene rings is 1. The van der Waals surface area contributed by atoms with Crippen LogP contribution < -0.4 is 10.1 Å². The van der Waals surface area contributed by atoms with Crippen LogP contribution in [-0.4, -0.2) is 6.10 Å². The standard InChI is InChI=1S/C16H21NOS/c1-12(2)18-15-8-6-14(7-9-15)11-17-13(3)16-5-4-10-19-16/h4-10,12-13,17H,11H2,1-3H3/t13-/m1/s1. The van der Waals surface area contributed by atoms with Crippen LogP contribution in [0.15, 0.2) is 41.8 Å². The molecule has 0 aliphatic carbocycles. The summed E-state index contributed by atoms with van der Waals surface area (Å²) < 4.78 is 5.63. The summed E-state index contributed by atoms with van der Waals surface area (Å²) in [6.07, 6.45) is 0.225. The molecule has 0 aliphatic heterocycles. The van der Waals surface area contributed by atoms with Gasteiger partial charge in [-0.25, -0.2) is 0 Å². The number of nitrogens with one attached hydrogen (secondary N) is 1. The summed E-state index contributed by atoms with van der Waals surface area (Å²) in [5.74, 6) is 0.935. The molecule has 2 aromatic rings. The average Bonchev–Trinajstić information content (AvgIpc) is 2.91. The van der Waals surface area contributed by atoms with Crippen molar-refractivity contribution in [3.8, 4) is 5.75 Å². The average molecular weight is 275 g/mol. The van der Waals surface area contributed by atoms with E-state index in [-0.39, 0.29) is 6.10 Å². The van der Waals surface area contributed by atoms with E-state index in [1.54, 1.807) is 11.3 Å². The van der Waals surface area contributed by atoms with Gasteiger partial charge in [0.2, 0.25) is 0 Å². The molecule has 3 heteroatoms. The first kappa shape index (κ1) is 14.1. The second-order valence-electron chi connectivity index (χ2n) is 4.93. The fourth-order valence-electron chi connectivity index (χ4n) is 1.87. The van der Waals surface area contributed by atoms with E-state index in [4.69, 9.17) is 4.74 Å². The molecule has 1 N–H and O–H groups in total. The maximum absolute atomic E-state index is 5.63. The molecule has 0 spiro atoms. The molecule has 2 nitrogen and oxygen atoms in total. The van der Waals surface area contributed by atoms with E-state index in [1.807, 2.05) is 26.0 Å². The summed E-state index contributed by atoms with van der Waals surface area (Å²) in [7, 11) is 0. The fourth-order valence-corrected chi connectivity index (χ4v) is 2.63. The molecule has 2 rings (SSSR count). The van der Waals surface area contributed by atoms with Gasteiger partial charge < -0.3 is 10.1 Å². The molecule has 0 amide bonds.